The summed E-state index contributed by atoms with van der Waals surface area (Å²) < 4.78 is 5.29. The molecule has 7 nitrogen and oxygen atoms in total. The van der Waals surface area contributed by atoms with E-state index in [1.807, 2.05) is 6.07 Å². The van der Waals surface area contributed by atoms with Crippen molar-refractivity contribution < 1.29 is 9.53 Å². The van der Waals surface area contributed by atoms with Crippen molar-refractivity contribution in [3.63, 3.8) is 0 Å². The van der Waals surface area contributed by atoms with Gasteiger partial charge >= 0.3 is 0 Å². The molecule has 3 aromatic rings. The average Bonchev–Trinajstić information content (AvgIpc) is 2.62. The molecule has 1 aromatic heterocycles. The molecule has 0 bridgehead atoms. The van der Waals surface area contributed by atoms with E-state index in [9.17, 15) is 4.79 Å². The minimum atomic E-state index is -0.00938. The van der Waals surface area contributed by atoms with Crippen LogP contribution in [0.25, 0.3) is 0 Å². The molecule has 0 aliphatic heterocycles. The molecule has 132 valence electrons. The molecule has 3 rings (SSSR count). The molecule has 0 spiro atoms. The number of hydrogen-bond donors (Lipinski definition) is 2. The van der Waals surface area contributed by atoms with Gasteiger partial charge in [0.2, 0.25) is 5.95 Å². The number of hydrogen-bond acceptors (Lipinski definition) is 7. The molecule has 0 saturated carbocycles. The number of aromatic nitrogens is 3. The third-order valence-corrected chi connectivity index (χ3v) is 3.74. The van der Waals surface area contributed by atoms with Gasteiger partial charge in [-0.2, -0.15) is 10.1 Å². The van der Waals surface area contributed by atoms with Crippen molar-refractivity contribution in [1.29, 1.82) is 0 Å². The van der Waals surface area contributed by atoms with E-state index >= 15 is 0 Å². The number of nitrogens with one attached hydrogen (secondary N) is 2. The van der Waals surface area contributed by atoms with Crippen LogP contribution in [0.3, 0.4) is 0 Å². The Balaban J connectivity index is 1.82. The number of nitrogens with zero attached hydrogens (tertiary/aromatic N) is 3. The van der Waals surface area contributed by atoms with Crippen LogP contribution in [0.2, 0.25) is 5.02 Å². The lowest BCUT2D eigenvalue weighted by molar-refractivity contribution is 0.101. The molecular weight excluding hydrogens is 354 g/mol. The molecule has 1 heterocycles. The highest BCUT2D eigenvalue weighted by Crippen LogP contribution is 2.29. The third kappa shape index (κ3) is 4.25. The van der Waals surface area contributed by atoms with Crippen molar-refractivity contribution in [3.8, 4) is 5.75 Å². The minimum absolute atomic E-state index is 0.00938. The maximum atomic E-state index is 11.5. The summed E-state index contributed by atoms with van der Waals surface area (Å²) in [6.45, 7) is 1.52. The molecule has 0 fully saturated rings. The van der Waals surface area contributed by atoms with E-state index < -0.39 is 0 Å². The monoisotopic (exact) mass is 369 g/mol. The zero-order valence-corrected chi connectivity index (χ0v) is 14.9. The Morgan fingerprint density at radius 2 is 2.00 bits per heavy atom. The maximum Gasteiger partial charge on any atom is 0.249 e. The Morgan fingerprint density at radius 3 is 2.77 bits per heavy atom. The molecule has 26 heavy (non-hydrogen) atoms. The van der Waals surface area contributed by atoms with Crippen LogP contribution in [0.15, 0.2) is 48.7 Å². The summed E-state index contributed by atoms with van der Waals surface area (Å²) >= 11 is 6.03. The third-order valence-electron chi connectivity index (χ3n) is 3.51. The van der Waals surface area contributed by atoms with Crippen molar-refractivity contribution in [1.82, 2.24) is 15.2 Å². The van der Waals surface area contributed by atoms with Gasteiger partial charge in [-0.25, -0.2) is 0 Å². The number of ketones is 1. The Morgan fingerprint density at radius 1 is 1.15 bits per heavy atom. The average molecular weight is 370 g/mol. The van der Waals surface area contributed by atoms with E-state index in [1.54, 1.807) is 43.5 Å². The van der Waals surface area contributed by atoms with Crippen molar-refractivity contribution >= 4 is 40.5 Å². The van der Waals surface area contributed by atoms with Gasteiger partial charge in [-0.1, -0.05) is 23.7 Å². The van der Waals surface area contributed by atoms with Crippen molar-refractivity contribution in [2.75, 3.05) is 17.7 Å². The molecule has 2 N–H and O–H groups in total. The van der Waals surface area contributed by atoms with Crippen LogP contribution in [0.4, 0.5) is 23.1 Å². The van der Waals surface area contributed by atoms with Gasteiger partial charge in [-0.05, 0) is 37.3 Å². The fraction of sp³-hybridized carbons (Fsp3) is 0.111. The molecule has 0 unspecified atom stereocenters. The number of ether oxygens (including phenoxy) is 1. The summed E-state index contributed by atoms with van der Waals surface area (Å²) in [7, 11) is 1.56. The lowest BCUT2D eigenvalue weighted by Crippen LogP contribution is -2.03. The zero-order valence-electron chi connectivity index (χ0n) is 14.2. The maximum absolute atomic E-state index is 11.5. The first kappa shape index (κ1) is 17.6. The molecule has 0 radical (unpaired) electrons. The van der Waals surface area contributed by atoms with E-state index in [-0.39, 0.29) is 11.7 Å². The van der Waals surface area contributed by atoms with Crippen LogP contribution in [0, 0.1) is 0 Å². The Kier molecular flexibility index (Phi) is 5.28. The van der Waals surface area contributed by atoms with Gasteiger partial charge in [0.25, 0.3) is 0 Å². The SMILES string of the molecule is COc1ccc(Cl)cc1Nc1nncc(Nc2cccc(C(C)=O)c2)n1. The summed E-state index contributed by atoms with van der Waals surface area (Å²) in [4.78, 5) is 15.9. The molecule has 0 saturated heterocycles. The van der Waals surface area contributed by atoms with Gasteiger partial charge in [0, 0.05) is 16.3 Å². The standard InChI is InChI=1S/C18H16ClN5O2/c1-11(25)12-4-3-5-14(8-12)21-17-10-20-24-18(23-17)22-15-9-13(19)6-7-16(15)26-2/h3-10H,1-2H3,(H2,21,22,23,24). The number of carbonyl (C=O) groups excluding carboxylic acids is 1. The first-order valence-electron chi connectivity index (χ1n) is 7.73. The molecule has 0 aliphatic carbocycles. The highest BCUT2D eigenvalue weighted by molar-refractivity contribution is 6.31. The summed E-state index contributed by atoms with van der Waals surface area (Å²) in [6, 6.07) is 12.3. The van der Waals surface area contributed by atoms with Gasteiger partial charge in [-0.3, -0.25) is 4.79 Å². The summed E-state index contributed by atoms with van der Waals surface area (Å²) in [5.74, 6) is 1.35. The highest BCUT2D eigenvalue weighted by Gasteiger charge is 2.08. The quantitative estimate of drug-likeness (QED) is 0.628. The van der Waals surface area contributed by atoms with Gasteiger partial charge in [-0.15, -0.1) is 5.10 Å². The van der Waals surface area contributed by atoms with Crippen LogP contribution in [-0.2, 0) is 0 Å². The molecule has 0 atom stereocenters. The number of halogens is 1. The van der Waals surface area contributed by atoms with E-state index in [4.69, 9.17) is 16.3 Å². The topological polar surface area (TPSA) is 89.0 Å². The van der Waals surface area contributed by atoms with Crippen LogP contribution < -0.4 is 15.4 Å². The molecule has 0 amide bonds. The smallest absolute Gasteiger partial charge is 0.249 e. The number of Topliss-reactive ketones (excluding diaryl/α,β-unsaturated/α-hetero) is 1. The van der Waals surface area contributed by atoms with Crippen molar-refractivity contribution in [2.24, 2.45) is 0 Å². The number of methoxy groups -OCH3 is 1. The predicted molar refractivity (Wildman–Crippen MR) is 101 cm³/mol. The first-order chi connectivity index (χ1) is 12.5. The fourth-order valence-electron chi connectivity index (χ4n) is 2.28. The summed E-state index contributed by atoms with van der Waals surface area (Å²) in [6.07, 6.45) is 1.49. The second-order valence-corrected chi connectivity index (χ2v) is 5.83. The first-order valence-corrected chi connectivity index (χ1v) is 8.11. The van der Waals surface area contributed by atoms with Crippen molar-refractivity contribution in [3.05, 3.63) is 59.2 Å². The van der Waals surface area contributed by atoms with Crippen LogP contribution in [-0.4, -0.2) is 28.1 Å². The van der Waals surface area contributed by atoms with E-state index in [0.29, 0.717) is 27.8 Å². The summed E-state index contributed by atoms with van der Waals surface area (Å²) in [5, 5.41) is 14.6. The van der Waals surface area contributed by atoms with Gasteiger partial charge < -0.3 is 15.4 Å². The normalized spacial score (nSPS) is 10.3. The lowest BCUT2D eigenvalue weighted by Gasteiger charge is -2.11. The Labute approximate surface area is 155 Å². The van der Waals surface area contributed by atoms with E-state index in [0.717, 1.165) is 5.69 Å². The number of rotatable bonds is 6. The summed E-state index contributed by atoms with van der Waals surface area (Å²) in [5.41, 5.74) is 1.96. The second-order valence-electron chi connectivity index (χ2n) is 5.40. The lowest BCUT2D eigenvalue weighted by atomic mass is 10.1. The zero-order chi connectivity index (χ0) is 18.5. The second kappa shape index (κ2) is 7.79. The fourth-order valence-corrected chi connectivity index (χ4v) is 2.45. The van der Waals surface area contributed by atoms with Crippen LogP contribution in [0.1, 0.15) is 17.3 Å². The Hall–Kier alpha value is -3.19. The Bertz CT molecular complexity index is 948. The van der Waals surface area contributed by atoms with Gasteiger partial charge in [0.1, 0.15) is 5.75 Å². The molecule has 2 aromatic carbocycles. The van der Waals surface area contributed by atoms with Crippen molar-refractivity contribution in [2.45, 2.75) is 6.92 Å². The predicted octanol–water partition coefficient (Wildman–Crippen LogP) is 4.22. The molecular formula is C18H16ClN5O2. The molecule has 0 aliphatic rings. The van der Waals surface area contributed by atoms with Crippen LogP contribution in [0.5, 0.6) is 5.75 Å². The van der Waals surface area contributed by atoms with Gasteiger partial charge in [0.05, 0.1) is 19.0 Å². The van der Waals surface area contributed by atoms with E-state index in [1.165, 1.54) is 13.1 Å². The molecule has 8 heteroatoms. The van der Waals surface area contributed by atoms with Crippen LogP contribution >= 0.6 is 11.6 Å². The van der Waals surface area contributed by atoms with E-state index in [2.05, 4.69) is 25.8 Å². The largest absolute Gasteiger partial charge is 0.495 e. The number of anilines is 4. The number of carbonyl (C=O) groups is 1. The van der Waals surface area contributed by atoms with Gasteiger partial charge in [0.15, 0.2) is 11.6 Å². The minimum Gasteiger partial charge on any atom is -0.495 e. The number of benzene rings is 2. The highest BCUT2D eigenvalue weighted by atomic mass is 35.5.